The molecule has 0 amide bonds. The van der Waals surface area contributed by atoms with Crippen molar-refractivity contribution in [2.45, 2.75) is 20.3 Å². The van der Waals surface area contributed by atoms with E-state index in [1.54, 1.807) is 12.3 Å². The van der Waals surface area contributed by atoms with Crippen LogP contribution in [0.25, 0.3) is 0 Å². The monoisotopic (exact) mass is 243 g/mol. The molecule has 0 bridgehead atoms. The fourth-order valence-corrected chi connectivity index (χ4v) is 1.32. The molecule has 0 aliphatic rings. The number of ether oxygens (including phenoxy) is 1. The van der Waals surface area contributed by atoms with Crippen molar-refractivity contribution >= 4 is 17.3 Å². The van der Waals surface area contributed by atoms with Gasteiger partial charge in [0, 0.05) is 25.8 Å². The number of nitrogens with one attached hydrogen (secondary N) is 1. The zero-order valence-corrected chi connectivity index (χ0v) is 10.5. The van der Waals surface area contributed by atoms with Gasteiger partial charge in [0.05, 0.1) is 11.9 Å². The average Bonchev–Trinajstić information content (AvgIpc) is 2.23. The molecule has 0 saturated carbocycles. The lowest BCUT2D eigenvalue weighted by Gasteiger charge is -2.08. The third-order valence-electron chi connectivity index (χ3n) is 1.87. The number of hydrogen-bond acceptors (Lipinski definition) is 4. The van der Waals surface area contributed by atoms with Gasteiger partial charge in [-0.2, -0.15) is 5.10 Å². The summed E-state index contributed by atoms with van der Waals surface area (Å²) in [6.07, 6.45) is 2.62. The van der Waals surface area contributed by atoms with Crippen molar-refractivity contribution in [3.8, 4) is 0 Å². The van der Waals surface area contributed by atoms with E-state index in [4.69, 9.17) is 16.3 Å². The van der Waals surface area contributed by atoms with Crippen molar-refractivity contribution in [3.05, 3.63) is 17.4 Å². The molecule has 90 valence electrons. The number of halogens is 1. The lowest BCUT2D eigenvalue weighted by molar-refractivity contribution is 0.110. The van der Waals surface area contributed by atoms with E-state index in [2.05, 4.69) is 29.4 Å². The maximum Gasteiger partial charge on any atom is 0.153 e. The molecule has 16 heavy (non-hydrogen) atoms. The van der Waals surface area contributed by atoms with Crippen molar-refractivity contribution in [2.75, 3.05) is 25.1 Å². The largest absolute Gasteiger partial charge is 0.384 e. The number of nitrogens with zero attached hydrogens (tertiary/aromatic N) is 2. The van der Waals surface area contributed by atoms with Crippen LogP contribution in [0.2, 0.25) is 5.15 Å². The summed E-state index contributed by atoms with van der Waals surface area (Å²) in [6, 6.07) is 1.75. The Bertz CT molecular complexity index is 307. The van der Waals surface area contributed by atoms with Crippen LogP contribution in [-0.2, 0) is 4.74 Å². The van der Waals surface area contributed by atoms with E-state index in [1.165, 1.54) is 0 Å². The zero-order chi connectivity index (χ0) is 11.8. The normalized spacial score (nSPS) is 10.8. The van der Waals surface area contributed by atoms with Crippen LogP contribution < -0.4 is 5.32 Å². The Hall–Kier alpha value is -0.870. The van der Waals surface area contributed by atoms with Crippen LogP contribution >= 0.6 is 11.6 Å². The van der Waals surface area contributed by atoms with Crippen molar-refractivity contribution < 1.29 is 4.74 Å². The highest BCUT2D eigenvalue weighted by Gasteiger charge is 1.96. The second kappa shape index (κ2) is 7.41. The van der Waals surface area contributed by atoms with Gasteiger partial charge < -0.3 is 10.1 Å². The predicted molar refractivity (Wildman–Crippen MR) is 65.8 cm³/mol. The maximum absolute atomic E-state index is 5.70. The highest BCUT2D eigenvalue weighted by molar-refractivity contribution is 6.29. The van der Waals surface area contributed by atoms with Gasteiger partial charge in [0.2, 0.25) is 0 Å². The highest BCUT2D eigenvalue weighted by Crippen LogP contribution is 2.09. The Balaban J connectivity index is 2.07. The third kappa shape index (κ3) is 5.88. The predicted octanol–water partition coefficient (Wildman–Crippen LogP) is 2.60. The Labute approximate surface area is 101 Å². The van der Waals surface area contributed by atoms with Gasteiger partial charge in [-0.15, -0.1) is 5.10 Å². The SMILES string of the molecule is CC(C)COCCCNc1cnnc(Cl)c1. The smallest absolute Gasteiger partial charge is 0.153 e. The van der Waals surface area contributed by atoms with Crippen molar-refractivity contribution in [1.82, 2.24) is 10.2 Å². The first-order chi connectivity index (χ1) is 7.68. The molecule has 1 N–H and O–H groups in total. The molecule has 0 spiro atoms. The number of hydrogen-bond donors (Lipinski definition) is 1. The molecule has 1 heterocycles. The average molecular weight is 244 g/mol. The lowest BCUT2D eigenvalue weighted by Crippen LogP contribution is -2.08. The highest BCUT2D eigenvalue weighted by atomic mass is 35.5. The number of aromatic nitrogens is 2. The first-order valence-electron chi connectivity index (χ1n) is 5.48. The Morgan fingerprint density at radius 1 is 1.50 bits per heavy atom. The molecular formula is C11H18ClN3O. The minimum absolute atomic E-state index is 0.404. The second-order valence-corrected chi connectivity index (χ2v) is 4.40. The summed E-state index contributed by atoms with van der Waals surface area (Å²) >= 11 is 5.70. The molecule has 5 heteroatoms. The summed E-state index contributed by atoms with van der Waals surface area (Å²) in [4.78, 5) is 0. The Morgan fingerprint density at radius 2 is 2.31 bits per heavy atom. The van der Waals surface area contributed by atoms with Crippen LogP contribution in [-0.4, -0.2) is 30.0 Å². The van der Waals surface area contributed by atoms with E-state index in [0.717, 1.165) is 31.9 Å². The van der Waals surface area contributed by atoms with Gasteiger partial charge in [-0.3, -0.25) is 0 Å². The van der Waals surface area contributed by atoms with E-state index in [1.807, 2.05) is 0 Å². The molecule has 0 aliphatic heterocycles. The summed E-state index contributed by atoms with van der Waals surface area (Å²) in [5.41, 5.74) is 0.892. The standard InChI is InChI=1S/C11H18ClN3O/c1-9(2)8-16-5-3-4-13-10-6-11(12)15-14-7-10/h6-7,9H,3-5,8H2,1-2H3,(H,13,15). The second-order valence-electron chi connectivity index (χ2n) is 4.02. The first kappa shape index (κ1) is 13.2. The minimum Gasteiger partial charge on any atom is -0.384 e. The van der Waals surface area contributed by atoms with Crippen LogP contribution in [0.4, 0.5) is 5.69 Å². The maximum atomic E-state index is 5.70. The van der Waals surface area contributed by atoms with E-state index in [0.29, 0.717) is 11.1 Å². The van der Waals surface area contributed by atoms with Crippen molar-refractivity contribution in [2.24, 2.45) is 5.92 Å². The molecule has 0 saturated heterocycles. The summed E-state index contributed by atoms with van der Waals surface area (Å²) in [6.45, 7) is 6.73. The number of rotatable bonds is 7. The minimum atomic E-state index is 0.404. The lowest BCUT2D eigenvalue weighted by atomic mass is 10.2. The summed E-state index contributed by atoms with van der Waals surface area (Å²) in [5, 5.41) is 11.0. The van der Waals surface area contributed by atoms with Gasteiger partial charge in [0.1, 0.15) is 0 Å². The quantitative estimate of drug-likeness (QED) is 0.748. The Morgan fingerprint density at radius 3 is 3.00 bits per heavy atom. The van der Waals surface area contributed by atoms with Crippen LogP contribution in [0.3, 0.4) is 0 Å². The summed E-state index contributed by atoms with van der Waals surface area (Å²) < 4.78 is 5.46. The Kier molecular flexibility index (Phi) is 6.11. The van der Waals surface area contributed by atoms with Crippen LogP contribution in [0.1, 0.15) is 20.3 Å². The molecule has 1 aromatic rings. The number of anilines is 1. The van der Waals surface area contributed by atoms with Crippen LogP contribution in [0.5, 0.6) is 0 Å². The van der Waals surface area contributed by atoms with Crippen molar-refractivity contribution in [1.29, 1.82) is 0 Å². The molecule has 4 nitrogen and oxygen atoms in total. The molecule has 0 atom stereocenters. The molecule has 0 aromatic carbocycles. The molecule has 0 unspecified atom stereocenters. The molecule has 0 radical (unpaired) electrons. The molecule has 1 rings (SSSR count). The molecule has 0 fully saturated rings. The summed E-state index contributed by atoms with van der Waals surface area (Å²) in [5.74, 6) is 0.594. The van der Waals surface area contributed by atoms with Crippen molar-refractivity contribution in [3.63, 3.8) is 0 Å². The molecule has 0 aliphatic carbocycles. The van der Waals surface area contributed by atoms with Gasteiger partial charge >= 0.3 is 0 Å². The first-order valence-corrected chi connectivity index (χ1v) is 5.86. The van der Waals surface area contributed by atoms with Gasteiger partial charge in [0.25, 0.3) is 0 Å². The van der Waals surface area contributed by atoms with E-state index in [-0.39, 0.29) is 0 Å². The fraction of sp³-hybridized carbons (Fsp3) is 0.636. The van der Waals surface area contributed by atoms with Gasteiger partial charge in [0.15, 0.2) is 5.15 Å². The van der Waals surface area contributed by atoms with Gasteiger partial charge in [-0.1, -0.05) is 25.4 Å². The fourth-order valence-electron chi connectivity index (χ4n) is 1.16. The zero-order valence-electron chi connectivity index (χ0n) is 9.74. The van der Waals surface area contributed by atoms with Gasteiger partial charge in [-0.05, 0) is 12.3 Å². The molecule has 1 aromatic heterocycles. The van der Waals surface area contributed by atoms with Crippen LogP contribution in [0, 0.1) is 5.92 Å². The van der Waals surface area contributed by atoms with E-state index in [9.17, 15) is 0 Å². The van der Waals surface area contributed by atoms with E-state index < -0.39 is 0 Å². The van der Waals surface area contributed by atoms with Gasteiger partial charge in [-0.25, -0.2) is 0 Å². The van der Waals surface area contributed by atoms with E-state index >= 15 is 0 Å². The molecular weight excluding hydrogens is 226 g/mol. The third-order valence-corrected chi connectivity index (χ3v) is 2.06. The summed E-state index contributed by atoms with van der Waals surface area (Å²) in [7, 11) is 0. The topological polar surface area (TPSA) is 47.0 Å². The van der Waals surface area contributed by atoms with Crippen LogP contribution in [0.15, 0.2) is 12.3 Å².